The molecule has 4 aromatic heterocycles. The lowest BCUT2D eigenvalue weighted by Crippen LogP contribution is -2.66. The highest BCUT2D eigenvalue weighted by atomic mass is 19.1. The predicted octanol–water partition coefficient (Wildman–Crippen LogP) is 5.41. The molecule has 0 atom stereocenters. The predicted molar refractivity (Wildman–Crippen MR) is 171 cm³/mol. The van der Waals surface area contributed by atoms with Crippen LogP contribution in [-0.2, 0) is 5.54 Å². The van der Waals surface area contributed by atoms with E-state index in [0.29, 0.717) is 49.8 Å². The van der Waals surface area contributed by atoms with E-state index in [1.54, 1.807) is 30.7 Å². The highest BCUT2D eigenvalue weighted by Crippen LogP contribution is 2.37. The second-order valence-corrected chi connectivity index (χ2v) is 12.2. The van der Waals surface area contributed by atoms with Gasteiger partial charge in [-0.25, -0.2) is 14.4 Å². The number of likely N-dealkylation sites (tertiary alicyclic amines) is 2. The molecule has 0 aliphatic carbocycles. The Morgan fingerprint density at radius 1 is 1.04 bits per heavy atom. The maximum atomic E-state index is 15.4. The molecular weight excluding hydrogens is 581 g/mol. The molecule has 6 heterocycles. The number of nitriles is 1. The summed E-state index contributed by atoms with van der Waals surface area (Å²) in [7, 11) is 0. The van der Waals surface area contributed by atoms with Crippen LogP contribution in [0.3, 0.4) is 0 Å². The van der Waals surface area contributed by atoms with Crippen LogP contribution in [0.15, 0.2) is 85.8 Å². The van der Waals surface area contributed by atoms with Gasteiger partial charge in [0.1, 0.15) is 23.3 Å². The van der Waals surface area contributed by atoms with Gasteiger partial charge >= 0.3 is 0 Å². The summed E-state index contributed by atoms with van der Waals surface area (Å²) in [5, 5.41) is 17.2. The van der Waals surface area contributed by atoms with Gasteiger partial charge in [0.05, 0.1) is 24.4 Å². The quantitative estimate of drug-likeness (QED) is 0.268. The lowest BCUT2D eigenvalue weighted by Gasteiger charge is -2.53. The van der Waals surface area contributed by atoms with Gasteiger partial charge in [-0.15, -0.1) is 0 Å². The highest BCUT2D eigenvalue weighted by Gasteiger charge is 2.48. The Kier molecular flexibility index (Phi) is 6.80. The number of hydrogen-bond donors (Lipinski definition) is 1. The fraction of sp³-hybridized carbons (Fsp3) is 0.257. The van der Waals surface area contributed by atoms with Crippen molar-refractivity contribution in [2.45, 2.75) is 30.8 Å². The molecule has 8 rings (SSSR count). The van der Waals surface area contributed by atoms with Gasteiger partial charge in [-0.2, -0.15) is 10.4 Å². The van der Waals surface area contributed by atoms with Crippen LogP contribution in [0.25, 0.3) is 44.2 Å². The molecule has 0 spiro atoms. The van der Waals surface area contributed by atoms with Gasteiger partial charge < -0.3 is 9.88 Å². The van der Waals surface area contributed by atoms with E-state index < -0.39 is 11.4 Å². The van der Waals surface area contributed by atoms with Gasteiger partial charge in [0.2, 0.25) is 0 Å². The standard InChI is InChI=1S/C35H30FN9O/c36-31-16-24(4-5-28(31)27-3-1-2-23-6-12-38-18-30(23)27)34(46)43-14-8-26(9-15-43)44-20-35(21-44,10-11-37)45-19-25(17-42-45)32-29-7-13-39-33(29)41-22-40-32/h1-7,12-13,16-19,22,26H,8-10,14-15,20-21H2,(H,39,40,41). The van der Waals surface area contributed by atoms with Crippen molar-refractivity contribution < 1.29 is 9.18 Å². The van der Waals surface area contributed by atoms with E-state index in [0.717, 1.165) is 51.5 Å². The molecule has 0 bridgehead atoms. The first-order chi connectivity index (χ1) is 22.5. The van der Waals surface area contributed by atoms with Crippen molar-refractivity contribution in [1.82, 2.24) is 39.5 Å². The maximum absolute atomic E-state index is 15.4. The van der Waals surface area contributed by atoms with E-state index in [-0.39, 0.29) is 5.91 Å². The van der Waals surface area contributed by atoms with Crippen LogP contribution in [0, 0.1) is 17.1 Å². The van der Waals surface area contributed by atoms with E-state index in [1.807, 2.05) is 52.3 Å². The molecule has 10 nitrogen and oxygen atoms in total. The zero-order valence-electron chi connectivity index (χ0n) is 25.0. The van der Waals surface area contributed by atoms with Crippen molar-refractivity contribution in [3.05, 3.63) is 97.2 Å². The lowest BCUT2D eigenvalue weighted by atomic mass is 9.83. The maximum Gasteiger partial charge on any atom is 0.253 e. The number of nitrogens with one attached hydrogen (secondary N) is 1. The molecule has 228 valence electrons. The number of carbonyl (C=O) groups is 1. The summed E-state index contributed by atoms with van der Waals surface area (Å²) in [6, 6.07) is 17.0. The third-order valence-electron chi connectivity index (χ3n) is 9.56. The number of benzene rings is 2. The summed E-state index contributed by atoms with van der Waals surface area (Å²) in [6.07, 6.45) is 12.6. The Morgan fingerprint density at radius 2 is 1.91 bits per heavy atom. The fourth-order valence-corrected chi connectivity index (χ4v) is 7.09. The Hall–Kier alpha value is -5.47. The van der Waals surface area contributed by atoms with Crippen LogP contribution in [-0.4, -0.2) is 77.6 Å². The second kappa shape index (κ2) is 11.2. The SMILES string of the molecule is N#CCC1(n2cc(-c3ncnc4[nH]ccc34)cn2)CN(C2CCN(C(=O)c3ccc(-c4cccc5ccncc45)c(F)c3)CC2)C1. The number of halogens is 1. The minimum absolute atomic E-state index is 0.156. The number of hydrogen-bond acceptors (Lipinski definition) is 7. The Bertz CT molecular complexity index is 2130. The largest absolute Gasteiger partial charge is 0.346 e. The molecular formula is C35H30FN9O. The normalized spacial score (nSPS) is 16.8. The highest BCUT2D eigenvalue weighted by molar-refractivity contribution is 5.98. The number of rotatable bonds is 6. The molecule has 6 aromatic rings. The van der Waals surface area contributed by atoms with Gasteiger partial charge in [-0.1, -0.05) is 24.3 Å². The molecule has 1 N–H and O–H groups in total. The van der Waals surface area contributed by atoms with E-state index in [2.05, 4.69) is 36.0 Å². The summed E-state index contributed by atoms with van der Waals surface area (Å²) in [4.78, 5) is 33.7. The first-order valence-corrected chi connectivity index (χ1v) is 15.4. The number of carbonyl (C=O) groups excluding carboxylic acids is 1. The number of aromatic amines is 1. The molecule has 0 radical (unpaired) electrons. The first kappa shape index (κ1) is 28.0. The van der Waals surface area contributed by atoms with E-state index >= 15 is 4.39 Å². The number of H-pyrrole nitrogens is 1. The summed E-state index contributed by atoms with van der Waals surface area (Å²) >= 11 is 0. The lowest BCUT2D eigenvalue weighted by molar-refractivity contribution is -0.0412. The van der Waals surface area contributed by atoms with Gasteiger partial charge in [0.15, 0.2) is 0 Å². The zero-order chi connectivity index (χ0) is 31.3. The van der Waals surface area contributed by atoms with E-state index in [9.17, 15) is 10.1 Å². The van der Waals surface area contributed by atoms with Crippen LogP contribution < -0.4 is 0 Å². The summed E-state index contributed by atoms with van der Waals surface area (Å²) in [5.74, 6) is -0.582. The molecule has 2 saturated heterocycles. The first-order valence-electron chi connectivity index (χ1n) is 15.4. The van der Waals surface area contributed by atoms with Gasteiger partial charge in [0.25, 0.3) is 5.91 Å². The second-order valence-electron chi connectivity index (χ2n) is 12.2. The van der Waals surface area contributed by atoms with Crippen LogP contribution in [0.2, 0.25) is 0 Å². The van der Waals surface area contributed by atoms with Crippen molar-refractivity contribution in [2.24, 2.45) is 0 Å². The number of aromatic nitrogens is 6. The Labute approximate surface area is 264 Å². The fourth-order valence-electron chi connectivity index (χ4n) is 7.09. The van der Waals surface area contributed by atoms with Gasteiger partial charge in [0, 0.05) is 84.5 Å². The number of amides is 1. The minimum Gasteiger partial charge on any atom is -0.346 e. The van der Waals surface area contributed by atoms with E-state index in [1.165, 1.54) is 12.4 Å². The van der Waals surface area contributed by atoms with Crippen LogP contribution in [0.5, 0.6) is 0 Å². The Morgan fingerprint density at radius 3 is 2.74 bits per heavy atom. The van der Waals surface area contributed by atoms with Crippen molar-refractivity contribution in [2.75, 3.05) is 26.2 Å². The molecule has 11 heteroatoms. The van der Waals surface area contributed by atoms with Crippen molar-refractivity contribution >= 4 is 27.7 Å². The number of piperidine rings is 1. The van der Waals surface area contributed by atoms with Gasteiger partial charge in [-0.3, -0.25) is 19.4 Å². The van der Waals surface area contributed by atoms with Crippen LogP contribution >= 0.6 is 0 Å². The topological polar surface area (TPSA) is 120 Å². The van der Waals surface area contributed by atoms with Crippen LogP contribution in [0.1, 0.15) is 29.6 Å². The molecule has 2 fully saturated rings. The third-order valence-corrected chi connectivity index (χ3v) is 9.56. The Balaban J connectivity index is 0.924. The number of nitrogens with zero attached hydrogens (tertiary/aromatic N) is 8. The molecule has 2 aromatic carbocycles. The smallest absolute Gasteiger partial charge is 0.253 e. The third kappa shape index (κ3) is 4.69. The molecule has 1 amide bonds. The monoisotopic (exact) mass is 611 g/mol. The average Bonchev–Trinajstić information content (AvgIpc) is 3.77. The van der Waals surface area contributed by atoms with Gasteiger partial charge in [-0.05, 0) is 48.1 Å². The molecule has 2 aliphatic rings. The van der Waals surface area contributed by atoms with Crippen LogP contribution in [0.4, 0.5) is 4.39 Å². The molecule has 0 saturated carbocycles. The number of pyridine rings is 1. The minimum atomic E-state index is -0.425. The van der Waals surface area contributed by atoms with Crippen molar-refractivity contribution in [3.63, 3.8) is 0 Å². The molecule has 0 unspecified atom stereocenters. The summed E-state index contributed by atoms with van der Waals surface area (Å²) < 4.78 is 17.3. The van der Waals surface area contributed by atoms with Crippen molar-refractivity contribution in [3.8, 4) is 28.5 Å². The van der Waals surface area contributed by atoms with E-state index in [4.69, 9.17) is 0 Å². The van der Waals surface area contributed by atoms with Crippen molar-refractivity contribution in [1.29, 1.82) is 5.26 Å². The summed E-state index contributed by atoms with van der Waals surface area (Å²) in [5.41, 5.74) is 3.60. The average molecular weight is 612 g/mol. The summed E-state index contributed by atoms with van der Waals surface area (Å²) in [6.45, 7) is 2.60. The molecule has 2 aliphatic heterocycles. The molecule has 46 heavy (non-hydrogen) atoms. The zero-order valence-corrected chi connectivity index (χ0v) is 25.0. The number of fused-ring (bicyclic) bond motifs is 2.